The zero-order valence-electron chi connectivity index (χ0n) is 16.7. The highest BCUT2D eigenvalue weighted by atomic mass is 16.4. The van der Waals surface area contributed by atoms with Crippen molar-refractivity contribution >= 4 is 23.7 Å². The molecule has 1 rings (SSSR count). The van der Waals surface area contributed by atoms with Crippen LogP contribution in [0.1, 0.15) is 19.5 Å². The first kappa shape index (κ1) is 25.0. The monoisotopic (exact) mass is 428 g/mol. The summed E-state index contributed by atoms with van der Waals surface area (Å²) in [5, 5.41) is 34.6. The number of nitrogens with zero attached hydrogens (tertiary/aromatic N) is 1. The van der Waals surface area contributed by atoms with Crippen molar-refractivity contribution in [3.63, 3.8) is 0 Å². The molecule has 3 amide bonds. The molecule has 1 aromatic heterocycles. The SMILES string of the molecule is CC(C)C(NC(=O)C(CO)NC(=O)C(N)CO)C(=O)NC(Cc1cnc[nH]1)C(=O)O. The minimum Gasteiger partial charge on any atom is -0.480 e. The fourth-order valence-electron chi connectivity index (χ4n) is 2.42. The molecule has 1 aromatic rings. The second-order valence-electron chi connectivity index (χ2n) is 6.94. The molecule has 4 unspecified atom stereocenters. The maximum Gasteiger partial charge on any atom is 0.326 e. The van der Waals surface area contributed by atoms with Crippen molar-refractivity contribution in [1.29, 1.82) is 0 Å². The van der Waals surface area contributed by atoms with Crippen LogP contribution in [-0.4, -0.2) is 86.4 Å². The third-order valence-electron chi connectivity index (χ3n) is 4.19. The van der Waals surface area contributed by atoms with Gasteiger partial charge in [-0.1, -0.05) is 13.8 Å². The quantitative estimate of drug-likeness (QED) is 0.165. The molecule has 0 bridgehead atoms. The second kappa shape index (κ2) is 11.8. The summed E-state index contributed by atoms with van der Waals surface area (Å²) >= 11 is 0. The Bertz CT molecular complexity index is 724. The fraction of sp³-hybridized carbons (Fsp3) is 0.588. The van der Waals surface area contributed by atoms with Crippen molar-refractivity contribution in [3.05, 3.63) is 18.2 Å². The largest absolute Gasteiger partial charge is 0.480 e. The van der Waals surface area contributed by atoms with Gasteiger partial charge in [-0.15, -0.1) is 0 Å². The number of aromatic amines is 1. The third-order valence-corrected chi connectivity index (χ3v) is 4.19. The van der Waals surface area contributed by atoms with Gasteiger partial charge in [-0.05, 0) is 5.92 Å². The highest BCUT2D eigenvalue weighted by Crippen LogP contribution is 2.05. The number of aliphatic carboxylic acids is 1. The van der Waals surface area contributed by atoms with Gasteiger partial charge in [0, 0.05) is 18.3 Å². The van der Waals surface area contributed by atoms with E-state index >= 15 is 0 Å². The Morgan fingerprint density at radius 1 is 1.03 bits per heavy atom. The number of rotatable bonds is 12. The highest BCUT2D eigenvalue weighted by molar-refractivity contribution is 5.94. The van der Waals surface area contributed by atoms with E-state index in [2.05, 4.69) is 25.9 Å². The molecule has 0 aliphatic heterocycles. The minimum atomic E-state index is -1.41. The van der Waals surface area contributed by atoms with Gasteiger partial charge in [-0.25, -0.2) is 9.78 Å². The number of hydrogen-bond donors (Lipinski definition) is 8. The molecule has 4 atom stereocenters. The average Bonchev–Trinajstić information content (AvgIpc) is 3.21. The Balaban J connectivity index is 2.83. The predicted octanol–water partition coefficient (Wildman–Crippen LogP) is -3.54. The molecule has 0 saturated carbocycles. The number of H-pyrrole nitrogens is 1. The topological polar surface area (TPSA) is 220 Å². The van der Waals surface area contributed by atoms with Crippen molar-refractivity contribution < 1.29 is 34.5 Å². The lowest BCUT2D eigenvalue weighted by Crippen LogP contribution is -2.59. The summed E-state index contributed by atoms with van der Waals surface area (Å²) in [6, 6.07) is -5.11. The summed E-state index contributed by atoms with van der Waals surface area (Å²) in [4.78, 5) is 54.8. The number of nitrogens with one attached hydrogen (secondary N) is 4. The fourth-order valence-corrected chi connectivity index (χ4v) is 2.42. The van der Waals surface area contributed by atoms with Crippen LogP contribution in [-0.2, 0) is 25.6 Å². The van der Waals surface area contributed by atoms with Crippen molar-refractivity contribution in [3.8, 4) is 0 Å². The van der Waals surface area contributed by atoms with Gasteiger partial charge in [0.25, 0.3) is 0 Å². The number of aliphatic hydroxyl groups excluding tert-OH is 2. The molecule has 0 aliphatic carbocycles. The Morgan fingerprint density at radius 2 is 1.67 bits per heavy atom. The molecule has 13 heteroatoms. The van der Waals surface area contributed by atoms with Gasteiger partial charge >= 0.3 is 5.97 Å². The van der Waals surface area contributed by atoms with E-state index in [0.29, 0.717) is 5.69 Å². The van der Waals surface area contributed by atoms with Gasteiger partial charge in [0.2, 0.25) is 17.7 Å². The van der Waals surface area contributed by atoms with E-state index in [9.17, 15) is 29.4 Å². The number of carboxylic acids is 1. The highest BCUT2D eigenvalue weighted by Gasteiger charge is 2.31. The van der Waals surface area contributed by atoms with Crippen LogP contribution in [0.3, 0.4) is 0 Å². The van der Waals surface area contributed by atoms with Crippen LogP contribution < -0.4 is 21.7 Å². The van der Waals surface area contributed by atoms with Crippen LogP contribution in [0.2, 0.25) is 0 Å². The van der Waals surface area contributed by atoms with Gasteiger partial charge in [0.1, 0.15) is 24.2 Å². The van der Waals surface area contributed by atoms with E-state index in [1.165, 1.54) is 12.5 Å². The Labute approximate surface area is 172 Å². The molecule has 0 radical (unpaired) electrons. The van der Waals surface area contributed by atoms with Crippen LogP contribution in [0, 0.1) is 5.92 Å². The Morgan fingerprint density at radius 3 is 2.13 bits per heavy atom. The van der Waals surface area contributed by atoms with E-state index in [0.717, 1.165) is 0 Å². The summed E-state index contributed by atoms with van der Waals surface area (Å²) in [6.45, 7) is 1.82. The third kappa shape index (κ3) is 7.42. The lowest BCUT2D eigenvalue weighted by Gasteiger charge is -2.26. The molecule has 9 N–H and O–H groups in total. The standard InChI is InChI=1S/C17H28N6O7/c1-8(2)13(23-15(27)12(6-25)22-14(26)10(18)5-24)16(28)21-11(17(29)30)3-9-4-19-7-20-9/h4,7-8,10-13,24-25H,3,5-6,18H2,1-2H3,(H,19,20)(H,21,28)(H,22,26)(H,23,27)(H,29,30). The molecule has 0 fully saturated rings. The van der Waals surface area contributed by atoms with Crippen molar-refractivity contribution in [1.82, 2.24) is 25.9 Å². The number of carboxylic acid groups (broad SMARTS) is 1. The molecule has 0 aromatic carbocycles. The first-order valence-corrected chi connectivity index (χ1v) is 9.19. The van der Waals surface area contributed by atoms with E-state index in [4.69, 9.17) is 10.8 Å². The second-order valence-corrected chi connectivity index (χ2v) is 6.94. The molecule has 30 heavy (non-hydrogen) atoms. The van der Waals surface area contributed by atoms with Crippen LogP contribution in [0.25, 0.3) is 0 Å². The van der Waals surface area contributed by atoms with Crippen LogP contribution in [0.5, 0.6) is 0 Å². The van der Waals surface area contributed by atoms with Crippen LogP contribution in [0.4, 0.5) is 0 Å². The molecular weight excluding hydrogens is 400 g/mol. The van der Waals surface area contributed by atoms with Crippen molar-refractivity contribution in [2.45, 2.75) is 44.4 Å². The van der Waals surface area contributed by atoms with Gasteiger partial charge in [-0.2, -0.15) is 0 Å². The zero-order chi connectivity index (χ0) is 22.8. The molecular formula is C17H28N6O7. The Hall–Kier alpha value is -3.03. The smallest absolute Gasteiger partial charge is 0.326 e. The lowest BCUT2D eigenvalue weighted by molar-refractivity contribution is -0.142. The number of carbonyl (C=O) groups excluding carboxylic acids is 3. The number of imidazole rings is 1. The number of nitrogens with two attached hydrogens (primary N) is 1. The normalized spacial score (nSPS) is 15.0. The number of carbonyl (C=O) groups is 4. The summed E-state index contributed by atoms with van der Waals surface area (Å²) in [5.74, 6) is -4.19. The number of hydrogen-bond acceptors (Lipinski definition) is 8. The van der Waals surface area contributed by atoms with E-state index < -0.39 is 67.0 Å². The first-order chi connectivity index (χ1) is 14.1. The molecule has 0 aliphatic rings. The predicted molar refractivity (Wildman–Crippen MR) is 103 cm³/mol. The molecule has 1 heterocycles. The maximum atomic E-state index is 12.6. The number of aromatic nitrogens is 2. The molecule has 168 valence electrons. The van der Waals surface area contributed by atoms with E-state index in [-0.39, 0.29) is 6.42 Å². The number of amides is 3. The summed E-state index contributed by atoms with van der Waals surface area (Å²) in [6.07, 6.45) is 2.75. The molecule has 13 nitrogen and oxygen atoms in total. The van der Waals surface area contributed by atoms with E-state index in [1.807, 2.05) is 0 Å². The van der Waals surface area contributed by atoms with Gasteiger partial charge in [0.05, 0.1) is 19.5 Å². The van der Waals surface area contributed by atoms with Gasteiger partial charge < -0.3 is 42.0 Å². The summed E-state index contributed by atoms with van der Waals surface area (Å²) in [5.41, 5.74) is 5.85. The summed E-state index contributed by atoms with van der Waals surface area (Å²) < 4.78 is 0. The maximum absolute atomic E-state index is 12.6. The van der Waals surface area contributed by atoms with Crippen LogP contribution >= 0.6 is 0 Å². The average molecular weight is 428 g/mol. The molecule has 0 saturated heterocycles. The first-order valence-electron chi connectivity index (χ1n) is 9.19. The van der Waals surface area contributed by atoms with Crippen LogP contribution in [0.15, 0.2) is 12.5 Å². The van der Waals surface area contributed by atoms with Gasteiger partial charge in [-0.3, -0.25) is 14.4 Å². The van der Waals surface area contributed by atoms with Crippen molar-refractivity contribution in [2.75, 3.05) is 13.2 Å². The zero-order valence-corrected chi connectivity index (χ0v) is 16.7. The van der Waals surface area contributed by atoms with E-state index in [1.54, 1.807) is 13.8 Å². The summed E-state index contributed by atoms with van der Waals surface area (Å²) in [7, 11) is 0. The minimum absolute atomic E-state index is 0.0474. The molecule has 0 spiro atoms. The lowest BCUT2D eigenvalue weighted by atomic mass is 10.0. The van der Waals surface area contributed by atoms with Gasteiger partial charge in [0.15, 0.2) is 0 Å². The van der Waals surface area contributed by atoms with Crippen molar-refractivity contribution in [2.24, 2.45) is 11.7 Å². The number of aliphatic hydroxyl groups is 2. The Kier molecular flexibility index (Phi) is 9.88.